The maximum atomic E-state index is 6.59. The molecule has 0 fully saturated rings. The molecule has 3 heterocycles. The van der Waals surface area contributed by atoms with Crippen molar-refractivity contribution in [2.45, 2.75) is 0 Å². The molecule has 0 aliphatic rings. The summed E-state index contributed by atoms with van der Waals surface area (Å²) in [5.41, 5.74) is 10.0. The van der Waals surface area contributed by atoms with Crippen molar-refractivity contribution < 1.29 is 8.83 Å². The van der Waals surface area contributed by atoms with E-state index in [1.807, 2.05) is 115 Å². The van der Waals surface area contributed by atoms with E-state index in [2.05, 4.69) is 18.2 Å². The number of hydrogen-bond donors (Lipinski definition) is 0. The van der Waals surface area contributed by atoms with Crippen LogP contribution in [0, 0.1) is 0 Å². The van der Waals surface area contributed by atoms with Crippen LogP contribution in [-0.4, -0.2) is 54.2 Å². The summed E-state index contributed by atoms with van der Waals surface area (Å²) in [4.78, 5) is 15.2. The molecule has 0 saturated carbocycles. The minimum Gasteiger partial charge on any atom is -0.456 e. The number of aromatic nitrogens is 3. The first-order chi connectivity index (χ1) is 26.8. The van der Waals surface area contributed by atoms with Gasteiger partial charge in [0, 0.05) is 32.7 Å². The van der Waals surface area contributed by atoms with Crippen molar-refractivity contribution in [3.05, 3.63) is 133 Å². The maximum Gasteiger partial charge on any atom is 0.167 e. The summed E-state index contributed by atoms with van der Waals surface area (Å²) in [7, 11) is 31.0. The topological polar surface area (TPSA) is 65.0 Å². The van der Waals surface area contributed by atoms with Gasteiger partial charge < -0.3 is 8.83 Å². The van der Waals surface area contributed by atoms with Crippen LogP contribution < -0.4 is 27.3 Å². The Morgan fingerprint density at radius 3 is 1.71 bits per heavy atom. The van der Waals surface area contributed by atoms with Gasteiger partial charge in [-0.2, -0.15) is 0 Å². The Kier molecular flexibility index (Phi) is 7.70. The molecule has 55 heavy (non-hydrogen) atoms. The van der Waals surface area contributed by atoms with Gasteiger partial charge in [-0.25, -0.2) is 15.0 Å². The summed E-state index contributed by atoms with van der Waals surface area (Å²) in [6.07, 6.45) is 0. The third-order valence-electron chi connectivity index (χ3n) is 10.3. The van der Waals surface area contributed by atoms with Crippen molar-refractivity contribution >= 4 is 110 Å². The molecule has 10 rings (SSSR count). The van der Waals surface area contributed by atoms with Crippen molar-refractivity contribution in [2.75, 3.05) is 0 Å². The average molecular weight is 691 g/mol. The van der Waals surface area contributed by atoms with Crippen molar-refractivity contribution in [3.63, 3.8) is 0 Å². The quantitative estimate of drug-likeness (QED) is 0.208. The van der Waals surface area contributed by atoms with Crippen LogP contribution in [0.25, 0.3) is 100 Å². The van der Waals surface area contributed by atoms with Crippen molar-refractivity contribution in [3.8, 4) is 56.4 Å². The SMILES string of the molecule is [B]c1c([B])c([B])c(-c2ccc(-c3ccc4oc5c(-c6nc(-c7ccccc7)nc(-c7cccc8oc9ccccc9c78)n6)cccc5c4c3)cc2)c([B])c1[B]. The maximum absolute atomic E-state index is 6.59. The van der Waals surface area contributed by atoms with Crippen LogP contribution in [0.4, 0.5) is 0 Å². The lowest BCUT2D eigenvalue weighted by Crippen LogP contribution is -2.55. The summed E-state index contributed by atoms with van der Waals surface area (Å²) < 4.78 is 12.8. The lowest BCUT2D eigenvalue weighted by molar-refractivity contribution is 0.668. The molecule has 0 aliphatic carbocycles. The molecule has 0 aliphatic heterocycles. The Morgan fingerprint density at radius 2 is 0.927 bits per heavy atom. The molecule has 10 radical (unpaired) electrons. The Morgan fingerprint density at radius 1 is 0.364 bits per heavy atom. The molecule has 244 valence electrons. The first-order valence-corrected chi connectivity index (χ1v) is 17.6. The molecular formula is C45H22B5N3O2. The second kappa shape index (κ2) is 12.8. The molecule has 0 unspecified atom stereocenters. The van der Waals surface area contributed by atoms with Gasteiger partial charge in [0.05, 0.1) is 5.56 Å². The van der Waals surface area contributed by atoms with Gasteiger partial charge in [0.2, 0.25) is 0 Å². The van der Waals surface area contributed by atoms with Gasteiger partial charge in [-0.05, 0) is 52.6 Å². The van der Waals surface area contributed by atoms with E-state index in [4.69, 9.17) is 63.0 Å². The molecule has 0 atom stereocenters. The van der Waals surface area contributed by atoms with Crippen LogP contribution in [0.1, 0.15) is 0 Å². The van der Waals surface area contributed by atoms with Crippen LogP contribution >= 0.6 is 0 Å². The van der Waals surface area contributed by atoms with Gasteiger partial charge >= 0.3 is 0 Å². The predicted octanol–water partition coefficient (Wildman–Crippen LogP) is 5.97. The van der Waals surface area contributed by atoms with Crippen LogP contribution in [0.15, 0.2) is 142 Å². The van der Waals surface area contributed by atoms with E-state index < -0.39 is 0 Å². The summed E-state index contributed by atoms with van der Waals surface area (Å²) >= 11 is 0. The van der Waals surface area contributed by atoms with Gasteiger partial charge in [-0.3, -0.25) is 0 Å². The van der Waals surface area contributed by atoms with E-state index in [9.17, 15) is 0 Å². The zero-order valence-electron chi connectivity index (χ0n) is 29.2. The van der Waals surface area contributed by atoms with E-state index in [-0.39, 0.29) is 16.4 Å². The third kappa shape index (κ3) is 5.35. The smallest absolute Gasteiger partial charge is 0.167 e. The lowest BCUT2D eigenvalue weighted by Gasteiger charge is -2.21. The van der Waals surface area contributed by atoms with Gasteiger partial charge in [-0.15, -0.1) is 16.4 Å². The number of benzene rings is 7. The molecule has 0 spiro atoms. The monoisotopic (exact) mass is 691 g/mol. The van der Waals surface area contributed by atoms with Gasteiger partial charge in [0.25, 0.3) is 0 Å². The Labute approximate surface area is 322 Å². The van der Waals surface area contributed by atoms with Crippen LogP contribution in [0.5, 0.6) is 0 Å². The fourth-order valence-electron chi connectivity index (χ4n) is 7.44. The Balaban J connectivity index is 1.10. The molecule has 0 N–H and O–H groups in total. The third-order valence-corrected chi connectivity index (χ3v) is 10.3. The highest BCUT2D eigenvalue weighted by Crippen LogP contribution is 2.39. The minimum absolute atomic E-state index is 0.187. The fraction of sp³-hybridized carbons (Fsp3) is 0. The molecule has 0 bridgehead atoms. The highest BCUT2D eigenvalue weighted by atomic mass is 16.3. The zero-order chi connectivity index (χ0) is 37.4. The van der Waals surface area contributed by atoms with Crippen molar-refractivity contribution in [1.82, 2.24) is 15.0 Å². The minimum atomic E-state index is 0.187. The standard InChI is InChI=1S/C45H22B5N3O2/c46-37-35(38(47)40(49)41(50)39(37)48)24-18-16-23(17-19-24)26-20-21-33-31(22-26)27-11-6-13-30(42(27)55-33)45-52-43(25-8-2-1-3-9-25)51-44(53-45)29-12-7-15-34-36(29)28-10-4-5-14-32(28)54-34/h1-22H. The van der Waals surface area contributed by atoms with Gasteiger partial charge in [0.15, 0.2) is 17.5 Å². The van der Waals surface area contributed by atoms with Gasteiger partial charge in [0.1, 0.15) is 61.6 Å². The number of fused-ring (bicyclic) bond motifs is 6. The number of rotatable bonds is 5. The number of para-hydroxylation sites is 2. The van der Waals surface area contributed by atoms with Gasteiger partial charge in [-0.1, -0.05) is 114 Å². The van der Waals surface area contributed by atoms with E-state index in [0.717, 1.165) is 71.7 Å². The molecule has 7 aromatic carbocycles. The molecule has 5 nitrogen and oxygen atoms in total. The molecule has 0 saturated heterocycles. The number of hydrogen-bond acceptors (Lipinski definition) is 5. The molecule has 0 amide bonds. The van der Waals surface area contributed by atoms with Crippen LogP contribution in [0.3, 0.4) is 0 Å². The van der Waals surface area contributed by atoms with Crippen molar-refractivity contribution in [1.29, 1.82) is 0 Å². The Bertz CT molecular complexity index is 3130. The normalized spacial score (nSPS) is 11.6. The molecule has 10 aromatic rings. The molecule has 3 aromatic heterocycles. The van der Waals surface area contributed by atoms with E-state index in [1.165, 1.54) is 0 Å². The van der Waals surface area contributed by atoms with Crippen LogP contribution in [0.2, 0.25) is 0 Å². The zero-order valence-corrected chi connectivity index (χ0v) is 29.2. The Hall–Kier alpha value is -6.53. The number of furan rings is 2. The molecular weight excluding hydrogens is 669 g/mol. The summed E-state index contributed by atoms with van der Waals surface area (Å²) in [6.45, 7) is 0. The first-order valence-electron chi connectivity index (χ1n) is 17.6. The lowest BCUT2D eigenvalue weighted by atomic mass is 9.59. The van der Waals surface area contributed by atoms with Crippen molar-refractivity contribution in [2.24, 2.45) is 0 Å². The van der Waals surface area contributed by atoms with E-state index in [0.29, 0.717) is 39.5 Å². The second-order valence-electron chi connectivity index (χ2n) is 13.5. The molecule has 10 heteroatoms. The fourth-order valence-corrected chi connectivity index (χ4v) is 7.44. The highest BCUT2D eigenvalue weighted by Gasteiger charge is 2.21. The average Bonchev–Trinajstić information content (AvgIpc) is 3.81. The number of nitrogens with zero attached hydrogens (tertiary/aromatic N) is 3. The summed E-state index contributed by atoms with van der Waals surface area (Å²) in [5, 5.41) is 3.84. The summed E-state index contributed by atoms with van der Waals surface area (Å²) in [6, 6.07) is 44.0. The largest absolute Gasteiger partial charge is 0.456 e. The van der Waals surface area contributed by atoms with Crippen LogP contribution in [-0.2, 0) is 0 Å². The summed E-state index contributed by atoms with van der Waals surface area (Å²) in [5.74, 6) is 1.58. The predicted molar refractivity (Wildman–Crippen MR) is 229 cm³/mol. The van der Waals surface area contributed by atoms with E-state index in [1.54, 1.807) is 0 Å². The van der Waals surface area contributed by atoms with E-state index >= 15 is 0 Å². The first kappa shape index (κ1) is 33.1. The highest BCUT2D eigenvalue weighted by molar-refractivity contribution is 6.68. The second-order valence-corrected chi connectivity index (χ2v) is 13.5.